The molecule has 2 rings (SSSR count). The second-order valence-corrected chi connectivity index (χ2v) is 7.51. The highest BCUT2D eigenvalue weighted by Gasteiger charge is 2.30. The summed E-state index contributed by atoms with van der Waals surface area (Å²) in [7, 11) is 1.67. The van der Waals surface area contributed by atoms with Crippen LogP contribution in [0.5, 0.6) is 0 Å². The number of hydrogen-bond acceptors (Lipinski definition) is 5. The maximum atomic E-state index is 12.2. The van der Waals surface area contributed by atoms with Crippen molar-refractivity contribution in [1.29, 1.82) is 5.26 Å². The van der Waals surface area contributed by atoms with Crippen LogP contribution in [0, 0.1) is 11.3 Å². The van der Waals surface area contributed by atoms with Gasteiger partial charge in [0.15, 0.2) is 0 Å². The van der Waals surface area contributed by atoms with Gasteiger partial charge in [-0.15, -0.1) is 11.8 Å². The predicted molar refractivity (Wildman–Crippen MR) is 91.9 cm³/mol. The van der Waals surface area contributed by atoms with E-state index < -0.39 is 0 Å². The van der Waals surface area contributed by atoms with E-state index in [-0.39, 0.29) is 16.9 Å². The monoisotopic (exact) mass is 336 g/mol. The minimum absolute atomic E-state index is 0.0802. The summed E-state index contributed by atoms with van der Waals surface area (Å²) in [6, 6.07) is 2.04. The molecule has 1 N–H and O–H groups in total. The van der Waals surface area contributed by atoms with E-state index in [9.17, 15) is 10.1 Å². The number of carbonyl (C=O) groups excluding carboxylic acids is 1. The molecule has 0 spiro atoms. The molecule has 1 aliphatic carbocycles. The van der Waals surface area contributed by atoms with Gasteiger partial charge in [0, 0.05) is 6.42 Å². The number of unbranched alkanes of at least 4 members (excludes halogenated alkanes) is 1. The summed E-state index contributed by atoms with van der Waals surface area (Å²) in [5.41, 5.74) is 1.43. The Morgan fingerprint density at radius 1 is 1.50 bits per heavy atom. The van der Waals surface area contributed by atoms with Crippen LogP contribution in [0.3, 0.4) is 0 Å². The fourth-order valence-electron chi connectivity index (χ4n) is 2.18. The van der Waals surface area contributed by atoms with Crippen LogP contribution < -0.4 is 5.32 Å². The third-order valence-corrected chi connectivity index (χ3v) is 6.18. The summed E-state index contributed by atoms with van der Waals surface area (Å²) >= 11 is 3.21. The number of ether oxygens (including phenoxy) is 1. The molecule has 0 aromatic rings. The lowest BCUT2D eigenvalue weighted by Gasteiger charge is -2.28. The van der Waals surface area contributed by atoms with Crippen molar-refractivity contribution in [2.75, 3.05) is 12.9 Å². The first-order valence-corrected chi connectivity index (χ1v) is 9.24. The molecule has 1 atom stereocenters. The van der Waals surface area contributed by atoms with Gasteiger partial charge in [-0.05, 0) is 30.2 Å². The average molecular weight is 336 g/mol. The predicted octanol–water partition coefficient (Wildman–Crippen LogP) is 3.69. The molecule has 0 saturated carbocycles. The van der Waals surface area contributed by atoms with Crippen molar-refractivity contribution in [3.8, 4) is 6.07 Å². The Labute approximate surface area is 140 Å². The van der Waals surface area contributed by atoms with E-state index in [1.165, 1.54) is 5.57 Å². The number of nitrogens with one attached hydrogen (secondary N) is 1. The molecule has 0 saturated heterocycles. The van der Waals surface area contributed by atoms with E-state index in [2.05, 4.69) is 12.2 Å². The van der Waals surface area contributed by atoms with Crippen LogP contribution in [0.2, 0.25) is 0 Å². The zero-order valence-corrected chi connectivity index (χ0v) is 14.5. The lowest BCUT2D eigenvalue weighted by Crippen LogP contribution is -2.38. The van der Waals surface area contributed by atoms with Crippen LogP contribution in [-0.2, 0) is 9.53 Å². The lowest BCUT2D eigenvalue weighted by atomic mass is 10.0. The highest BCUT2D eigenvalue weighted by atomic mass is 32.2. The number of nitriles is 1. The average Bonchev–Trinajstić information content (AvgIpc) is 2.55. The van der Waals surface area contributed by atoms with Crippen LogP contribution in [0.15, 0.2) is 33.3 Å². The quantitative estimate of drug-likeness (QED) is 0.750. The standard InChI is InChI=1S/C16H20N2O2S2/c1-3-4-9-21-16-13(10-17)14(19)18-15(22-16)11-5-7-12(20-2)8-6-11/h5,7,15H,3-4,6,8-9H2,1-2H3,(H,18,19). The molecule has 1 aliphatic heterocycles. The third-order valence-electron chi connectivity index (χ3n) is 3.50. The van der Waals surface area contributed by atoms with E-state index >= 15 is 0 Å². The van der Waals surface area contributed by atoms with E-state index in [4.69, 9.17) is 4.74 Å². The number of methoxy groups -OCH3 is 1. The van der Waals surface area contributed by atoms with Crippen molar-refractivity contribution in [1.82, 2.24) is 5.32 Å². The molecule has 118 valence electrons. The maximum Gasteiger partial charge on any atom is 0.264 e. The van der Waals surface area contributed by atoms with Gasteiger partial charge in [-0.1, -0.05) is 31.2 Å². The first-order chi connectivity index (χ1) is 10.7. The summed E-state index contributed by atoms with van der Waals surface area (Å²) in [4.78, 5) is 12.2. The van der Waals surface area contributed by atoms with Crippen LogP contribution in [-0.4, -0.2) is 24.1 Å². The molecule has 22 heavy (non-hydrogen) atoms. The number of hydrogen-bond donors (Lipinski definition) is 1. The van der Waals surface area contributed by atoms with Gasteiger partial charge in [-0.3, -0.25) is 4.79 Å². The molecule has 0 radical (unpaired) electrons. The summed E-state index contributed by atoms with van der Waals surface area (Å²) in [6.07, 6.45) is 7.89. The first kappa shape index (κ1) is 17.0. The topological polar surface area (TPSA) is 62.1 Å². The van der Waals surface area contributed by atoms with Crippen molar-refractivity contribution in [3.63, 3.8) is 0 Å². The number of thioether (sulfide) groups is 2. The molecular formula is C16H20N2O2S2. The van der Waals surface area contributed by atoms with Crippen molar-refractivity contribution >= 4 is 29.4 Å². The molecule has 1 heterocycles. The molecule has 2 aliphatic rings. The fraction of sp³-hybridized carbons (Fsp3) is 0.500. The Morgan fingerprint density at radius 3 is 2.91 bits per heavy atom. The Bertz CT molecular complexity index is 573. The Kier molecular flexibility index (Phi) is 6.47. The summed E-state index contributed by atoms with van der Waals surface area (Å²) in [5, 5.41) is 12.1. The number of rotatable bonds is 6. The van der Waals surface area contributed by atoms with Crippen LogP contribution in [0.4, 0.5) is 0 Å². The van der Waals surface area contributed by atoms with Gasteiger partial charge < -0.3 is 10.1 Å². The van der Waals surface area contributed by atoms with Gasteiger partial charge in [0.25, 0.3) is 5.91 Å². The van der Waals surface area contributed by atoms with Gasteiger partial charge in [-0.25, -0.2) is 0 Å². The lowest BCUT2D eigenvalue weighted by molar-refractivity contribution is -0.117. The fourth-order valence-corrected chi connectivity index (χ4v) is 4.88. The molecule has 1 amide bonds. The Hall–Kier alpha value is -1.32. The molecule has 0 bridgehead atoms. The zero-order valence-electron chi connectivity index (χ0n) is 12.8. The highest BCUT2D eigenvalue weighted by molar-refractivity contribution is 8.22. The normalized spacial score (nSPS) is 21.7. The van der Waals surface area contributed by atoms with E-state index in [0.717, 1.165) is 41.4 Å². The van der Waals surface area contributed by atoms with E-state index in [1.807, 2.05) is 18.2 Å². The number of carbonyl (C=O) groups is 1. The minimum atomic E-state index is -0.257. The molecule has 4 nitrogen and oxygen atoms in total. The van der Waals surface area contributed by atoms with Crippen molar-refractivity contribution in [3.05, 3.63) is 33.3 Å². The van der Waals surface area contributed by atoms with Gasteiger partial charge in [-0.2, -0.15) is 5.26 Å². The van der Waals surface area contributed by atoms with Gasteiger partial charge in [0.2, 0.25) is 0 Å². The van der Waals surface area contributed by atoms with Crippen molar-refractivity contribution < 1.29 is 9.53 Å². The minimum Gasteiger partial charge on any atom is -0.501 e. The van der Waals surface area contributed by atoms with E-state index in [1.54, 1.807) is 30.6 Å². The molecule has 0 aromatic heterocycles. The highest BCUT2D eigenvalue weighted by Crippen LogP contribution is 2.41. The van der Waals surface area contributed by atoms with Gasteiger partial charge in [0.05, 0.1) is 17.1 Å². The van der Waals surface area contributed by atoms with Crippen molar-refractivity contribution in [2.24, 2.45) is 0 Å². The largest absolute Gasteiger partial charge is 0.501 e. The summed E-state index contributed by atoms with van der Waals surface area (Å²) < 4.78 is 6.09. The summed E-state index contributed by atoms with van der Waals surface area (Å²) in [5.74, 6) is 1.64. The van der Waals surface area contributed by atoms with Crippen LogP contribution >= 0.6 is 23.5 Å². The SMILES string of the molecule is CCCCSC1=C(C#N)C(=O)NC(C2=CC=C(OC)CC2)S1. The molecule has 0 aromatic carbocycles. The second-order valence-electron chi connectivity index (χ2n) is 5.03. The number of amides is 1. The van der Waals surface area contributed by atoms with Crippen LogP contribution in [0.25, 0.3) is 0 Å². The Morgan fingerprint density at radius 2 is 2.32 bits per heavy atom. The molecule has 0 fully saturated rings. The number of allylic oxidation sites excluding steroid dienone is 3. The summed E-state index contributed by atoms with van der Waals surface area (Å²) in [6.45, 7) is 2.14. The molecule has 6 heteroatoms. The van der Waals surface area contributed by atoms with Crippen LogP contribution in [0.1, 0.15) is 32.6 Å². The maximum absolute atomic E-state index is 12.2. The van der Waals surface area contributed by atoms with Gasteiger partial charge in [0.1, 0.15) is 17.0 Å². The zero-order chi connectivity index (χ0) is 15.9. The first-order valence-electron chi connectivity index (χ1n) is 7.37. The second kappa shape index (κ2) is 8.35. The molecular weight excluding hydrogens is 316 g/mol. The van der Waals surface area contributed by atoms with Gasteiger partial charge >= 0.3 is 0 Å². The van der Waals surface area contributed by atoms with Crippen molar-refractivity contribution in [2.45, 2.75) is 38.0 Å². The molecule has 1 unspecified atom stereocenters. The van der Waals surface area contributed by atoms with E-state index in [0.29, 0.717) is 0 Å². The Balaban J connectivity index is 2.13. The third kappa shape index (κ3) is 4.11. The smallest absolute Gasteiger partial charge is 0.264 e. The number of nitrogens with zero attached hydrogens (tertiary/aromatic N) is 1.